The van der Waals surface area contributed by atoms with Crippen molar-refractivity contribution in [2.75, 3.05) is 5.32 Å². The fourth-order valence-corrected chi connectivity index (χ4v) is 2.10. The first-order valence-electron chi connectivity index (χ1n) is 6.23. The maximum absolute atomic E-state index is 13.3. The highest BCUT2D eigenvalue weighted by molar-refractivity contribution is 5.57. The van der Waals surface area contributed by atoms with Crippen molar-refractivity contribution in [3.63, 3.8) is 0 Å². The molecule has 7 heteroatoms. The lowest BCUT2D eigenvalue weighted by atomic mass is 10.2. The van der Waals surface area contributed by atoms with Crippen molar-refractivity contribution in [3.05, 3.63) is 70.3 Å². The zero-order valence-corrected chi connectivity index (χ0v) is 10.9. The van der Waals surface area contributed by atoms with Gasteiger partial charge in [-0.3, -0.25) is 10.1 Å². The van der Waals surface area contributed by atoms with E-state index in [1.807, 2.05) is 24.4 Å². The molecule has 3 aromatic rings. The van der Waals surface area contributed by atoms with Crippen LogP contribution in [0.15, 0.2) is 48.8 Å². The normalized spacial score (nSPS) is 10.7. The van der Waals surface area contributed by atoms with Crippen LogP contribution in [-0.4, -0.2) is 14.5 Å². The van der Waals surface area contributed by atoms with Crippen LogP contribution in [0, 0.1) is 15.9 Å². The van der Waals surface area contributed by atoms with E-state index in [4.69, 9.17) is 0 Å². The van der Waals surface area contributed by atoms with Crippen molar-refractivity contribution in [2.24, 2.45) is 0 Å². The van der Waals surface area contributed by atoms with E-state index in [2.05, 4.69) is 10.4 Å². The van der Waals surface area contributed by atoms with E-state index in [0.717, 1.165) is 17.1 Å². The van der Waals surface area contributed by atoms with Crippen molar-refractivity contribution >= 4 is 16.9 Å². The third kappa shape index (κ3) is 2.66. The summed E-state index contributed by atoms with van der Waals surface area (Å²) in [7, 11) is 0. The van der Waals surface area contributed by atoms with Crippen LogP contribution in [-0.2, 0) is 6.54 Å². The summed E-state index contributed by atoms with van der Waals surface area (Å²) in [5.41, 5.74) is 1.92. The first kappa shape index (κ1) is 13.0. The predicted octanol–water partition coefficient (Wildman–Crippen LogP) is 2.99. The number of fused-ring (bicyclic) bond motifs is 1. The van der Waals surface area contributed by atoms with Gasteiger partial charge >= 0.3 is 0 Å². The number of anilines is 1. The van der Waals surface area contributed by atoms with Gasteiger partial charge in [0.2, 0.25) is 0 Å². The SMILES string of the molecule is O=[N+]([O-])c1cc(F)cc(NCc2cnn3ccccc23)c1. The Morgan fingerprint density at radius 3 is 3.00 bits per heavy atom. The van der Waals surface area contributed by atoms with Crippen LogP contribution in [0.25, 0.3) is 5.52 Å². The molecule has 0 saturated heterocycles. The first-order valence-corrected chi connectivity index (χ1v) is 6.23. The second-order valence-corrected chi connectivity index (χ2v) is 4.51. The number of nitrogens with zero attached hydrogens (tertiary/aromatic N) is 3. The fraction of sp³-hybridized carbons (Fsp3) is 0.0714. The number of aromatic nitrogens is 2. The van der Waals surface area contributed by atoms with E-state index >= 15 is 0 Å². The monoisotopic (exact) mass is 286 g/mol. The number of pyridine rings is 1. The van der Waals surface area contributed by atoms with Gasteiger partial charge in [-0.1, -0.05) is 6.07 Å². The van der Waals surface area contributed by atoms with Crippen LogP contribution in [0.3, 0.4) is 0 Å². The molecule has 2 heterocycles. The van der Waals surface area contributed by atoms with Gasteiger partial charge in [0, 0.05) is 30.1 Å². The molecule has 0 aliphatic heterocycles. The Morgan fingerprint density at radius 1 is 1.33 bits per heavy atom. The van der Waals surface area contributed by atoms with Crippen molar-refractivity contribution in [1.82, 2.24) is 9.61 Å². The molecule has 2 aromatic heterocycles. The molecule has 1 N–H and O–H groups in total. The maximum Gasteiger partial charge on any atom is 0.274 e. The van der Waals surface area contributed by atoms with Gasteiger partial charge in [-0.25, -0.2) is 8.91 Å². The van der Waals surface area contributed by atoms with Crippen molar-refractivity contribution in [3.8, 4) is 0 Å². The number of nitro benzene ring substituents is 1. The smallest absolute Gasteiger partial charge is 0.274 e. The Labute approximate surface area is 119 Å². The highest BCUT2D eigenvalue weighted by Gasteiger charge is 2.10. The van der Waals surface area contributed by atoms with Gasteiger partial charge in [0.1, 0.15) is 5.82 Å². The van der Waals surface area contributed by atoms with Gasteiger partial charge in [-0.2, -0.15) is 5.10 Å². The second-order valence-electron chi connectivity index (χ2n) is 4.51. The average Bonchev–Trinajstić information content (AvgIpc) is 2.88. The van der Waals surface area contributed by atoms with Crippen LogP contribution >= 0.6 is 0 Å². The summed E-state index contributed by atoms with van der Waals surface area (Å²) in [6.07, 6.45) is 3.53. The lowest BCUT2D eigenvalue weighted by molar-refractivity contribution is -0.385. The number of nitrogens with one attached hydrogen (secondary N) is 1. The topological polar surface area (TPSA) is 72.5 Å². The molecule has 0 atom stereocenters. The Balaban J connectivity index is 1.83. The molecule has 3 rings (SSSR count). The molecular formula is C14H11FN4O2. The quantitative estimate of drug-likeness (QED) is 0.591. The molecule has 6 nitrogen and oxygen atoms in total. The first-order chi connectivity index (χ1) is 10.1. The van der Waals surface area contributed by atoms with Gasteiger partial charge in [-0.05, 0) is 18.2 Å². The molecule has 1 aromatic carbocycles. The van der Waals surface area contributed by atoms with Crippen molar-refractivity contribution in [2.45, 2.75) is 6.54 Å². The number of benzene rings is 1. The Kier molecular flexibility index (Phi) is 3.23. The number of rotatable bonds is 4. The highest BCUT2D eigenvalue weighted by atomic mass is 19.1. The number of hydrogen-bond donors (Lipinski definition) is 1. The van der Waals surface area contributed by atoms with E-state index in [1.54, 1.807) is 10.7 Å². The van der Waals surface area contributed by atoms with Crippen molar-refractivity contribution < 1.29 is 9.31 Å². The van der Waals surface area contributed by atoms with Gasteiger partial charge in [0.15, 0.2) is 0 Å². The predicted molar refractivity (Wildman–Crippen MR) is 75.6 cm³/mol. The van der Waals surface area contributed by atoms with Crippen LogP contribution in [0.4, 0.5) is 15.8 Å². The number of non-ortho nitro benzene ring substituents is 1. The lowest BCUT2D eigenvalue weighted by Gasteiger charge is -2.05. The minimum absolute atomic E-state index is 0.280. The summed E-state index contributed by atoms with van der Waals surface area (Å²) in [6, 6.07) is 9.09. The Bertz CT molecular complexity index is 816. The largest absolute Gasteiger partial charge is 0.381 e. The average molecular weight is 286 g/mol. The number of nitro groups is 1. The van der Waals surface area contributed by atoms with Crippen LogP contribution in [0.1, 0.15) is 5.56 Å². The standard InChI is InChI=1S/C14H11FN4O2/c15-11-5-12(7-13(6-11)19(20)21)16-8-10-9-17-18-4-2-1-3-14(10)18/h1-7,9,16H,8H2. The molecular weight excluding hydrogens is 275 g/mol. The van der Waals surface area contributed by atoms with Crippen molar-refractivity contribution in [1.29, 1.82) is 0 Å². The van der Waals surface area contributed by atoms with Gasteiger partial charge in [-0.15, -0.1) is 0 Å². The fourth-order valence-electron chi connectivity index (χ4n) is 2.10. The molecule has 0 saturated carbocycles. The van der Waals surface area contributed by atoms with E-state index < -0.39 is 10.7 Å². The molecule has 0 aliphatic rings. The zero-order chi connectivity index (χ0) is 14.8. The summed E-state index contributed by atoms with van der Waals surface area (Å²) in [5.74, 6) is -0.647. The van der Waals surface area contributed by atoms with E-state index in [-0.39, 0.29) is 5.69 Å². The third-order valence-corrected chi connectivity index (χ3v) is 3.08. The minimum atomic E-state index is -0.647. The van der Waals surface area contributed by atoms with E-state index in [1.165, 1.54) is 12.1 Å². The number of halogens is 1. The summed E-state index contributed by atoms with van der Waals surface area (Å²) in [4.78, 5) is 10.1. The van der Waals surface area contributed by atoms with Crippen LogP contribution in [0.2, 0.25) is 0 Å². The van der Waals surface area contributed by atoms with Gasteiger partial charge in [0.25, 0.3) is 5.69 Å². The maximum atomic E-state index is 13.3. The molecule has 0 aliphatic carbocycles. The molecule has 0 amide bonds. The second kappa shape index (κ2) is 5.20. The summed E-state index contributed by atoms with van der Waals surface area (Å²) >= 11 is 0. The van der Waals surface area contributed by atoms with Gasteiger partial charge < -0.3 is 5.32 Å². The van der Waals surface area contributed by atoms with E-state index in [0.29, 0.717) is 12.2 Å². The Morgan fingerprint density at radius 2 is 2.19 bits per heavy atom. The number of hydrogen-bond acceptors (Lipinski definition) is 4. The van der Waals surface area contributed by atoms with Gasteiger partial charge in [0.05, 0.1) is 22.7 Å². The molecule has 0 bridgehead atoms. The summed E-state index contributed by atoms with van der Waals surface area (Å²) in [6.45, 7) is 0.397. The highest BCUT2D eigenvalue weighted by Crippen LogP contribution is 2.21. The van der Waals surface area contributed by atoms with Crippen LogP contribution in [0.5, 0.6) is 0 Å². The lowest BCUT2D eigenvalue weighted by Crippen LogP contribution is -2.00. The summed E-state index contributed by atoms with van der Waals surface area (Å²) in [5, 5.41) is 17.9. The Hall–Kier alpha value is -2.96. The molecule has 106 valence electrons. The summed E-state index contributed by atoms with van der Waals surface area (Å²) < 4.78 is 15.1. The zero-order valence-electron chi connectivity index (χ0n) is 10.9. The molecule has 0 unspecified atom stereocenters. The van der Waals surface area contributed by atoms with Crippen LogP contribution < -0.4 is 5.32 Å². The third-order valence-electron chi connectivity index (χ3n) is 3.08. The minimum Gasteiger partial charge on any atom is -0.381 e. The van der Waals surface area contributed by atoms with E-state index in [9.17, 15) is 14.5 Å². The molecule has 21 heavy (non-hydrogen) atoms. The molecule has 0 spiro atoms. The molecule has 0 fully saturated rings. The molecule has 0 radical (unpaired) electrons.